The smallest absolute Gasteiger partial charge is 0.224 e. The van der Waals surface area contributed by atoms with E-state index in [2.05, 4.69) is 31.1 Å². The number of ketones is 8. The molecule has 2 amide bonds. The van der Waals surface area contributed by atoms with Gasteiger partial charge in [0.15, 0.2) is 46.3 Å². The Kier molecular flexibility index (Phi) is 13.9. The van der Waals surface area contributed by atoms with Gasteiger partial charge in [-0.05, 0) is 23.3 Å². The van der Waals surface area contributed by atoms with Gasteiger partial charge in [-0.15, -0.1) is 0 Å². The molecule has 0 radical (unpaired) electrons. The van der Waals surface area contributed by atoms with Crippen LogP contribution in [-0.4, -0.2) is 84.3 Å². The van der Waals surface area contributed by atoms with Crippen molar-refractivity contribution >= 4 is 69.5 Å². The van der Waals surface area contributed by atoms with Crippen molar-refractivity contribution in [2.24, 2.45) is 20.5 Å². The van der Waals surface area contributed by atoms with Crippen LogP contribution in [0.4, 0.5) is 11.4 Å². The van der Waals surface area contributed by atoms with E-state index in [-0.39, 0.29) is 143 Å². The highest BCUT2D eigenvalue weighted by Gasteiger charge is 2.38. The van der Waals surface area contributed by atoms with Gasteiger partial charge in [-0.2, -0.15) is 20.5 Å². The maximum atomic E-state index is 14.5. The summed E-state index contributed by atoms with van der Waals surface area (Å²) in [5, 5.41) is 20.1. The highest BCUT2D eigenvalue weighted by molar-refractivity contribution is 6.35. The lowest BCUT2D eigenvalue weighted by molar-refractivity contribution is -0.122. The molecule has 0 saturated carbocycles. The van der Waals surface area contributed by atoms with Crippen LogP contribution in [0, 0.1) is 0 Å². The van der Waals surface area contributed by atoms with Crippen LogP contribution < -0.4 is 10.6 Å². The van der Waals surface area contributed by atoms with E-state index in [0.29, 0.717) is 0 Å². The molecule has 16 heteroatoms. The quantitative estimate of drug-likeness (QED) is 0.0857. The Labute approximate surface area is 354 Å². The number of azo groups is 2. The van der Waals surface area contributed by atoms with E-state index < -0.39 is 46.5 Å². The largest absolute Gasteiger partial charge is 0.325 e. The van der Waals surface area contributed by atoms with Crippen LogP contribution in [0.25, 0.3) is 11.1 Å². The molecule has 0 spiro atoms. The SMILES string of the molecule is CCC(=O)CN=NCC(=O)CCC(=O)Nc1ccc(-c2ccc(NC(=O)CCC(=O)CN=NCC(=O)CC)c3c2C(=O)c2ccccc2C3=O)c2c1C(=O)c1ccccc1C2=O. The van der Waals surface area contributed by atoms with Crippen LogP contribution in [0.5, 0.6) is 0 Å². The Morgan fingerprint density at radius 3 is 1.02 bits per heavy atom. The van der Waals surface area contributed by atoms with E-state index in [9.17, 15) is 47.9 Å². The number of carbonyl (C=O) groups excluding carboxylic acids is 10. The summed E-state index contributed by atoms with van der Waals surface area (Å²) in [4.78, 5) is 132. The van der Waals surface area contributed by atoms with Crippen molar-refractivity contribution in [1.82, 2.24) is 0 Å². The van der Waals surface area contributed by atoms with Gasteiger partial charge in [0.05, 0.1) is 22.5 Å². The number of Topliss-reactive ketones (excluding diaryl/α,β-unsaturated/α-hetero) is 4. The third-order valence-electron chi connectivity index (χ3n) is 10.2. The highest BCUT2D eigenvalue weighted by Crippen LogP contribution is 2.43. The standard InChI is InChI=1S/C46H40N6O10/c1-3-25(53)21-47-49-23-27(55)13-19-37(57)51-35-17-15-29(39-41(35)45(61)33-11-7-5-9-31(33)43(39)59)30-16-18-36(42-40(30)44(60)32-10-6-8-12-34(32)46(42)62)52-38(58)20-14-28(56)24-50-48-22-26(54)4-2/h5-12,15-18H,3-4,13-14,19-24H2,1-2H3,(H,51,57)(H,52,58). The zero-order valence-electron chi connectivity index (χ0n) is 33.9. The summed E-state index contributed by atoms with van der Waals surface area (Å²) >= 11 is 0. The second kappa shape index (κ2) is 19.6. The number of hydrogen-bond donors (Lipinski definition) is 2. The number of carbonyl (C=O) groups is 10. The van der Waals surface area contributed by atoms with Crippen molar-refractivity contribution < 1.29 is 47.9 Å². The molecule has 0 fully saturated rings. The summed E-state index contributed by atoms with van der Waals surface area (Å²) in [5.41, 5.74) is -0.157. The van der Waals surface area contributed by atoms with Gasteiger partial charge < -0.3 is 10.6 Å². The number of nitrogens with zero attached hydrogens (tertiary/aromatic N) is 4. The molecule has 4 aromatic carbocycles. The first kappa shape index (κ1) is 43.9. The summed E-state index contributed by atoms with van der Waals surface area (Å²) in [7, 11) is 0. The van der Waals surface area contributed by atoms with Gasteiger partial charge in [0.25, 0.3) is 0 Å². The summed E-state index contributed by atoms with van der Waals surface area (Å²) in [6, 6.07) is 18.0. The fourth-order valence-electron chi connectivity index (χ4n) is 6.93. The Balaban J connectivity index is 1.34. The van der Waals surface area contributed by atoms with E-state index in [4.69, 9.17) is 0 Å². The molecule has 0 aliphatic heterocycles. The molecule has 6 rings (SSSR count). The number of benzene rings is 4. The molecule has 0 aromatic heterocycles. The van der Waals surface area contributed by atoms with Crippen LogP contribution >= 0.6 is 0 Å². The molecule has 0 heterocycles. The Morgan fingerprint density at radius 2 is 0.694 bits per heavy atom. The third kappa shape index (κ3) is 9.54. The summed E-state index contributed by atoms with van der Waals surface area (Å²) in [6.07, 6.45) is -0.472. The molecule has 16 nitrogen and oxygen atoms in total. The molecule has 4 aromatic rings. The molecule has 0 bridgehead atoms. The second-order valence-electron chi connectivity index (χ2n) is 14.4. The lowest BCUT2D eigenvalue weighted by atomic mass is 9.75. The van der Waals surface area contributed by atoms with Gasteiger partial charge in [0.1, 0.15) is 26.2 Å². The Morgan fingerprint density at radius 1 is 0.387 bits per heavy atom. The van der Waals surface area contributed by atoms with Crippen molar-refractivity contribution in [3.8, 4) is 11.1 Å². The van der Waals surface area contributed by atoms with Crippen molar-refractivity contribution in [1.29, 1.82) is 0 Å². The molecule has 0 unspecified atom stereocenters. The summed E-state index contributed by atoms with van der Waals surface area (Å²) < 4.78 is 0. The van der Waals surface area contributed by atoms with E-state index in [1.807, 2.05) is 0 Å². The molecule has 2 N–H and O–H groups in total. The molecule has 62 heavy (non-hydrogen) atoms. The normalized spacial score (nSPS) is 12.7. The number of hydrogen-bond acceptors (Lipinski definition) is 14. The number of fused-ring (bicyclic) bond motifs is 4. The van der Waals surface area contributed by atoms with E-state index in [1.54, 1.807) is 38.1 Å². The van der Waals surface area contributed by atoms with Crippen LogP contribution in [0.2, 0.25) is 0 Å². The minimum absolute atomic E-state index is 0.0252. The predicted octanol–water partition coefficient (Wildman–Crippen LogP) is 6.34. The first-order chi connectivity index (χ1) is 29.8. The molecular formula is C46H40N6O10. The Bertz CT molecular complexity index is 2480. The molecule has 2 aliphatic carbocycles. The Hall–Kier alpha value is -7.62. The van der Waals surface area contributed by atoms with Gasteiger partial charge in [0.2, 0.25) is 11.8 Å². The van der Waals surface area contributed by atoms with Crippen molar-refractivity contribution in [2.75, 3.05) is 36.8 Å². The van der Waals surface area contributed by atoms with Crippen molar-refractivity contribution in [3.05, 3.63) is 117 Å². The zero-order chi connectivity index (χ0) is 44.5. The van der Waals surface area contributed by atoms with Crippen LogP contribution in [0.15, 0.2) is 93.3 Å². The zero-order valence-corrected chi connectivity index (χ0v) is 33.9. The van der Waals surface area contributed by atoms with Crippen molar-refractivity contribution in [2.45, 2.75) is 52.4 Å². The monoisotopic (exact) mass is 836 g/mol. The maximum absolute atomic E-state index is 14.5. The van der Waals surface area contributed by atoms with Gasteiger partial charge in [-0.3, -0.25) is 47.9 Å². The highest BCUT2D eigenvalue weighted by atomic mass is 16.2. The van der Waals surface area contributed by atoms with Crippen LogP contribution in [-0.2, 0) is 28.8 Å². The summed E-state index contributed by atoms with van der Waals surface area (Å²) in [6.45, 7) is 2.42. The number of amides is 2. The van der Waals surface area contributed by atoms with Gasteiger partial charge in [-0.1, -0.05) is 74.5 Å². The second-order valence-corrected chi connectivity index (χ2v) is 14.4. The molecule has 0 atom stereocenters. The fourth-order valence-corrected chi connectivity index (χ4v) is 6.93. The number of nitrogens with one attached hydrogen (secondary N) is 2. The average Bonchev–Trinajstić information content (AvgIpc) is 3.28. The third-order valence-corrected chi connectivity index (χ3v) is 10.2. The van der Waals surface area contributed by atoms with Crippen LogP contribution in [0.3, 0.4) is 0 Å². The van der Waals surface area contributed by atoms with E-state index >= 15 is 0 Å². The van der Waals surface area contributed by atoms with Crippen LogP contribution in [0.1, 0.15) is 116 Å². The maximum Gasteiger partial charge on any atom is 0.224 e. The minimum atomic E-state index is -0.644. The van der Waals surface area contributed by atoms with Gasteiger partial charge in [-0.25, -0.2) is 0 Å². The van der Waals surface area contributed by atoms with Gasteiger partial charge >= 0.3 is 0 Å². The van der Waals surface area contributed by atoms with Gasteiger partial charge in [0, 0.05) is 71.9 Å². The number of rotatable bonds is 19. The molecular weight excluding hydrogens is 797 g/mol. The van der Waals surface area contributed by atoms with E-state index in [1.165, 1.54) is 48.5 Å². The molecule has 2 aliphatic rings. The number of anilines is 2. The first-order valence-corrected chi connectivity index (χ1v) is 19.9. The fraction of sp³-hybridized carbons (Fsp3) is 0.261. The first-order valence-electron chi connectivity index (χ1n) is 19.9. The molecule has 0 saturated heterocycles. The minimum Gasteiger partial charge on any atom is -0.325 e. The predicted molar refractivity (Wildman–Crippen MR) is 224 cm³/mol. The van der Waals surface area contributed by atoms with E-state index in [0.717, 1.165) is 0 Å². The lowest BCUT2D eigenvalue weighted by Gasteiger charge is -2.26. The topological polar surface area (TPSA) is 244 Å². The van der Waals surface area contributed by atoms with Crippen molar-refractivity contribution in [3.63, 3.8) is 0 Å². The molecule has 314 valence electrons. The lowest BCUT2D eigenvalue weighted by Crippen LogP contribution is -2.27. The average molecular weight is 837 g/mol. The summed E-state index contributed by atoms with van der Waals surface area (Å²) in [5.74, 6) is -4.77.